The molecule has 0 aliphatic rings. The van der Waals surface area contributed by atoms with Gasteiger partial charge in [-0.15, -0.1) is 0 Å². The Hall–Kier alpha value is -1.10. The maximum absolute atomic E-state index is 12.7. The normalized spacial score (nSPS) is 11.7. The summed E-state index contributed by atoms with van der Waals surface area (Å²) in [5.74, 6) is -4.51. The summed E-state index contributed by atoms with van der Waals surface area (Å²) in [6.45, 7) is -0.921. The lowest BCUT2D eigenvalue weighted by atomic mass is 10.1. The molecule has 0 saturated carbocycles. The van der Waals surface area contributed by atoms with E-state index in [1.54, 1.807) is 0 Å². The molecule has 0 bridgehead atoms. The lowest BCUT2D eigenvalue weighted by molar-refractivity contribution is 0.00163. The number of aromatic nitrogens is 1. The summed E-state index contributed by atoms with van der Waals surface area (Å²) in [7, 11) is 0. The predicted octanol–water partition coefficient (Wildman–Crippen LogP) is 1.27. The van der Waals surface area contributed by atoms with Crippen LogP contribution in [0.3, 0.4) is 0 Å². The van der Waals surface area contributed by atoms with Gasteiger partial charge < -0.3 is 5.73 Å². The molecule has 0 aliphatic heterocycles. The molecule has 1 aromatic heterocycles. The van der Waals surface area contributed by atoms with Gasteiger partial charge >= 0.3 is 0 Å². The fraction of sp³-hybridized carbons (Fsp3) is 0.286. The first-order valence-electron chi connectivity index (χ1n) is 3.27. The fourth-order valence-electron chi connectivity index (χ4n) is 0.769. The molecule has 0 unspecified atom stereocenters. The van der Waals surface area contributed by atoms with Gasteiger partial charge in [-0.1, -0.05) is 0 Å². The summed E-state index contributed by atoms with van der Waals surface area (Å²) in [6, 6.07) is 2.21. The van der Waals surface area contributed by atoms with Crippen molar-refractivity contribution >= 4 is 0 Å². The number of hydrogen-bond donors (Lipinski definition) is 1. The molecule has 0 aromatic carbocycles. The first-order chi connectivity index (χ1) is 5.58. The van der Waals surface area contributed by atoms with Gasteiger partial charge in [0.2, 0.25) is 5.95 Å². The van der Waals surface area contributed by atoms with E-state index in [2.05, 4.69) is 4.98 Å². The van der Waals surface area contributed by atoms with Crippen LogP contribution in [0.25, 0.3) is 0 Å². The van der Waals surface area contributed by atoms with Gasteiger partial charge in [-0.2, -0.15) is 13.2 Å². The van der Waals surface area contributed by atoms with E-state index in [0.29, 0.717) is 0 Å². The minimum absolute atomic E-state index is 0.757. The molecule has 66 valence electrons. The van der Waals surface area contributed by atoms with Crippen molar-refractivity contribution in [2.75, 3.05) is 6.54 Å². The van der Waals surface area contributed by atoms with Crippen molar-refractivity contribution in [1.29, 1.82) is 0 Å². The van der Waals surface area contributed by atoms with Crippen LogP contribution >= 0.6 is 0 Å². The monoisotopic (exact) mass is 176 g/mol. The zero-order valence-corrected chi connectivity index (χ0v) is 6.10. The summed E-state index contributed by atoms with van der Waals surface area (Å²) in [6.07, 6.45) is 1.10. The summed E-state index contributed by atoms with van der Waals surface area (Å²) in [4.78, 5) is 3.09. The van der Waals surface area contributed by atoms with Gasteiger partial charge in [-0.3, -0.25) is 0 Å². The minimum Gasteiger partial charge on any atom is -0.325 e. The standard InChI is InChI=1S/C7H7F3N2/c8-6-5(2-1-3-12-6)7(9,10)4-11/h1-3H,4,11H2. The molecule has 0 atom stereocenters. The van der Waals surface area contributed by atoms with E-state index in [0.717, 1.165) is 12.3 Å². The molecular formula is C7H7F3N2. The summed E-state index contributed by atoms with van der Waals surface area (Å²) < 4.78 is 38.1. The van der Waals surface area contributed by atoms with Crippen LogP contribution in [0.1, 0.15) is 5.56 Å². The summed E-state index contributed by atoms with van der Waals surface area (Å²) >= 11 is 0. The van der Waals surface area contributed by atoms with Crippen LogP contribution in [0.5, 0.6) is 0 Å². The smallest absolute Gasteiger partial charge is 0.289 e. The van der Waals surface area contributed by atoms with Crippen molar-refractivity contribution in [3.05, 3.63) is 29.8 Å². The van der Waals surface area contributed by atoms with Crippen LogP contribution in [-0.4, -0.2) is 11.5 Å². The van der Waals surface area contributed by atoms with E-state index in [1.807, 2.05) is 0 Å². The molecule has 5 heteroatoms. The van der Waals surface area contributed by atoms with E-state index in [4.69, 9.17) is 5.73 Å². The van der Waals surface area contributed by atoms with Crippen molar-refractivity contribution in [2.24, 2.45) is 5.73 Å². The highest BCUT2D eigenvalue weighted by molar-refractivity contribution is 5.17. The summed E-state index contributed by atoms with van der Waals surface area (Å²) in [5, 5.41) is 0. The molecular weight excluding hydrogens is 169 g/mol. The average Bonchev–Trinajstić information content (AvgIpc) is 2.05. The number of alkyl halides is 2. The van der Waals surface area contributed by atoms with Crippen molar-refractivity contribution in [3.63, 3.8) is 0 Å². The van der Waals surface area contributed by atoms with Gasteiger partial charge in [0.25, 0.3) is 5.92 Å². The van der Waals surface area contributed by atoms with E-state index >= 15 is 0 Å². The molecule has 1 rings (SSSR count). The topological polar surface area (TPSA) is 38.9 Å². The van der Waals surface area contributed by atoms with Crippen LogP contribution in [-0.2, 0) is 5.92 Å². The molecule has 1 heterocycles. The van der Waals surface area contributed by atoms with Crippen molar-refractivity contribution in [3.8, 4) is 0 Å². The van der Waals surface area contributed by atoms with Crippen molar-refractivity contribution in [1.82, 2.24) is 4.98 Å². The third kappa shape index (κ3) is 1.55. The Bertz CT molecular complexity index is 275. The Labute approximate surface area is 67.2 Å². The second kappa shape index (κ2) is 3.10. The lowest BCUT2D eigenvalue weighted by Crippen LogP contribution is -2.26. The Morgan fingerprint density at radius 2 is 2.17 bits per heavy atom. The van der Waals surface area contributed by atoms with E-state index < -0.39 is 24.0 Å². The van der Waals surface area contributed by atoms with E-state index in [1.165, 1.54) is 6.07 Å². The molecule has 0 aliphatic carbocycles. The highest BCUT2D eigenvalue weighted by Crippen LogP contribution is 2.27. The first kappa shape index (κ1) is 8.99. The van der Waals surface area contributed by atoms with Gasteiger partial charge in [0.1, 0.15) is 0 Å². The second-order valence-electron chi connectivity index (χ2n) is 2.25. The van der Waals surface area contributed by atoms with Gasteiger partial charge in [0.05, 0.1) is 12.1 Å². The predicted molar refractivity (Wildman–Crippen MR) is 37.1 cm³/mol. The molecule has 0 spiro atoms. The number of nitrogens with two attached hydrogens (primary N) is 1. The second-order valence-corrected chi connectivity index (χ2v) is 2.25. The van der Waals surface area contributed by atoms with Gasteiger partial charge in [0.15, 0.2) is 0 Å². The molecule has 1 aromatic rings. The number of nitrogens with zero attached hydrogens (tertiary/aromatic N) is 1. The maximum Gasteiger partial charge on any atom is 0.289 e. The largest absolute Gasteiger partial charge is 0.325 e. The van der Waals surface area contributed by atoms with Crippen LogP contribution in [0.2, 0.25) is 0 Å². The fourth-order valence-corrected chi connectivity index (χ4v) is 0.769. The van der Waals surface area contributed by atoms with Gasteiger partial charge in [0, 0.05) is 6.20 Å². The average molecular weight is 176 g/mol. The maximum atomic E-state index is 12.7. The summed E-state index contributed by atoms with van der Waals surface area (Å²) in [5.41, 5.74) is 4.01. The first-order valence-corrected chi connectivity index (χ1v) is 3.27. The highest BCUT2D eigenvalue weighted by Gasteiger charge is 2.32. The number of hydrogen-bond acceptors (Lipinski definition) is 2. The van der Waals surface area contributed by atoms with Gasteiger partial charge in [-0.05, 0) is 12.1 Å². The van der Waals surface area contributed by atoms with Crippen LogP contribution in [0, 0.1) is 5.95 Å². The zero-order valence-electron chi connectivity index (χ0n) is 6.10. The molecule has 2 nitrogen and oxygen atoms in total. The van der Waals surface area contributed by atoms with Crippen molar-refractivity contribution in [2.45, 2.75) is 5.92 Å². The Kier molecular flexibility index (Phi) is 2.32. The Balaban J connectivity index is 3.10. The third-order valence-electron chi connectivity index (χ3n) is 1.41. The van der Waals surface area contributed by atoms with Crippen LogP contribution < -0.4 is 5.73 Å². The quantitative estimate of drug-likeness (QED) is 0.689. The molecule has 0 fully saturated rings. The number of pyridine rings is 1. The third-order valence-corrected chi connectivity index (χ3v) is 1.41. The Morgan fingerprint density at radius 1 is 1.50 bits per heavy atom. The minimum atomic E-state index is -3.33. The Morgan fingerprint density at radius 3 is 2.67 bits per heavy atom. The molecule has 0 radical (unpaired) electrons. The highest BCUT2D eigenvalue weighted by atomic mass is 19.3. The molecule has 0 amide bonds. The number of halogens is 3. The molecule has 2 N–H and O–H groups in total. The lowest BCUT2D eigenvalue weighted by Gasteiger charge is -2.13. The van der Waals surface area contributed by atoms with Crippen LogP contribution in [0.15, 0.2) is 18.3 Å². The zero-order chi connectivity index (χ0) is 9.19. The van der Waals surface area contributed by atoms with Crippen LogP contribution in [0.4, 0.5) is 13.2 Å². The van der Waals surface area contributed by atoms with Crippen molar-refractivity contribution < 1.29 is 13.2 Å². The number of rotatable bonds is 2. The SMILES string of the molecule is NCC(F)(F)c1cccnc1F. The van der Waals surface area contributed by atoms with E-state index in [9.17, 15) is 13.2 Å². The van der Waals surface area contributed by atoms with E-state index in [-0.39, 0.29) is 0 Å². The molecule has 0 saturated heterocycles. The van der Waals surface area contributed by atoms with Gasteiger partial charge in [-0.25, -0.2) is 4.98 Å². The molecule has 12 heavy (non-hydrogen) atoms.